The Morgan fingerprint density at radius 1 is 1.04 bits per heavy atom. The molecule has 2 N–H and O–H groups in total. The third kappa shape index (κ3) is 3.65. The van der Waals surface area contributed by atoms with Crippen LogP contribution in [-0.2, 0) is 11.2 Å². The minimum Gasteiger partial charge on any atom is -0.350 e. The van der Waals surface area contributed by atoms with Gasteiger partial charge in [0.2, 0.25) is 11.7 Å². The fourth-order valence-corrected chi connectivity index (χ4v) is 3.83. The molecule has 0 saturated heterocycles. The van der Waals surface area contributed by atoms with E-state index in [2.05, 4.69) is 10.3 Å². The monoisotopic (exact) mass is 394 g/mol. The van der Waals surface area contributed by atoms with Gasteiger partial charge < -0.3 is 10.3 Å². The first kappa shape index (κ1) is 17.5. The van der Waals surface area contributed by atoms with Gasteiger partial charge in [-0.3, -0.25) is 9.59 Å². The van der Waals surface area contributed by atoms with Gasteiger partial charge in [0, 0.05) is 26.4 Å². The smallest absolute Gasteiger partial charge is 0.229 e. The van der Waals surface area contributed by atoms with Crippen molar-refractivity contribution in [2.75, 3.05) is 5.32 Å². The Bertz CT molecular complexity index is 1120. The molecule has 0 aliphatic rings. The van der Waals surface area contributed by atoms with E-state index in [-0.39, 0.29) is 18.1 Å². The number of thiophene rings is 1. The summed E-state index contributed by atoms with van der Waals surface area (Å²) in [5, 5.41) is 6.15. The van der Waals surface area contributed by atoms with Crippen molar-refractivity contribution < 1.29 is 9.59 Å². The minimum atomic E-state index is -0.186. The molecule has 0 atom stereocenters. The fourth-order valence-electron chi connectivity index (χ4n) is 2.96. The van der Waals surface area contributed by atoms with Gasteiger partial charge >= 0.3 is 0 Å². The van der Waals surface area contributed by atoms with E-state index >= 15 is 0 Å². The molecule has 1 amide bonds. The van der Waals surface area contributed by atoms with Crippen LogP contribution in [0.1, 0.15) is 20.9 Å². The summed E-state index contributed by atoms with van der Waals surface area (Å²) in [6.45, 7) is 0. The van der Waals surface area contributed by atoms with Crippen LogP contribution in [0, 0.1) is 0 Å². The van der Waals surface area contributed by atoms with E-state index in [0.717, 1.165) is 10.3 Å². The van der Waals surface area contributed by atoms with Crippen molar-refractivity contribution in [1.29, 1.82) is 0 Å². The van der Waals surface area contributed by atoms with Crippen molar-refractivity contribution in [1.82, 2.24) is 4.98 Å². The Morgan fingerprint density at radius 3 is 2.59 bits per heavy atom. The van der Waals surface area contributed by atoms with Gasteiger partial charge in [-0.15, -0.1) is 11.3 Å². The molecule has 4 nitrogen and oxygen atoms in total. The van der Waals surface area contributed by atoms with Crippen LogP contribution in [-0.4, -0.2) is 16.7 Å². The number of benzene rings is 2. The third-order valence-electron chi connectivity index (χ3n) is 4.20. The van der Waals surface area contributed by atoms with Gasteiger partial charge in [-0.25, -0.2) is 0 Å². The zero-order chi connectivity index (χ0) is 18.8. The summed E-state index contributed by atoms with van der Waals surface area (Å²) < 4.78 is 0. The highest BCUT2D eigenvalue weighted by Crippen LogP contribution is 2.31. The van der Waals surface area contributed by atoms with E-state index in [1.54, 1.807) is 30.3 Å². The van der Waals surface area contributed by atoms with Gasteiger partial charge in [0.25, 0.3) is 0 Å². The van der Waals surface area contributed by atoms with E-state index in [1.165, 1.54) is 11.3 Å². The Kier molecular flexibility index (Phi) is 4.79. The van der Waals surface area contributed by atoms with Crippen LogP contribution in [0.5, 0.6) is 0 Å². The molecule has 0 aliphatic carbocycles. The predicted octanol–water partition coefficient (Wildman–Crippen LogP) is 5.30. The van der Waals surface area contributed by atoms with Crippen LogP contribution < -0.4 is 5.32 Å². The number of fused-ring (bicyclic) bond motifs is 1. The molecule has 0 spiro atoms. The maximum absolute atomic E-state index is 13.0. The van der Waals surface area contributed by atoms with Crippen molar-refractivity contribution in [2.45, 2.75) is 6.42 Å². The summed E-state index contributed by atoms with van der Waals surface area (Å²) in [7, 11) is 0. The highest BCUT2D eigenvalue weighted by atomic mass is 35.5. The maximum atomic E-state index is 13.0. The molecule has 0 radical (unpaired) electrons. The summed E-state index contributed by atoms with van der Waals surface area (Å²) in [5.74, 6) is -0.357. The number of anilines is 1. The normalized spacial score (nSPS) is 10.9. The summed E-state index contributed by atoms with van der Waals surface area (Å²) in [6, 6.07) is 18.1. The number of carbonyl (C=O) groups is 2. The Morgan fingerprint density at radius 2 is 1.85 bits per heavy atom. The van der Waals surface area contributed by atoms with E-state index < -0.39 is 0 Å². The largest absolute Gasteiger partial charge is 0.350 e. The molecule has 6 heteroatoms. The zero-order valence-electron chi connectivity index (χ0n) is 14.2. The van der Waals surface area contributed by atoms with Gasteiger partial charge in [-0.2, -0.15) is 0 Å². The zero-order valence-corrected chi connectivity index (χ0v) is 15.7. The topological polar surface area (TPSA) is 62.0 Å². The van der Waals surface area contributed by atoms with Crippen molar-refractivity contribution in [3.63, 3.8) is 0 Å². The van der Waals surface area contributed by atoms with Crippen molar-refractivity contribution in [2.24, 2.45) is 0 Å². The molecule has 2 aromatic heterocycles. The number of ketones is 1. The molecule has 0 aliphatic heterocycles. The summed E-state index contributed by atoms with van der Waals surface area (Å²) in [5.41, 5.74) is 2.08. The molecular weight excluding hydrogens is 380 g/mol. The average Bonchev–Trinajstić information content (AvgIpc) is 3.29. The first-order chi connectivity index (χ1) is 13.1. The quantitative estimate of drug-likeness (QED) is 0.451. The number of carbonyl (C=O) groups excluding carboxylic acids is 2. The van der Waals surface area contributed by atoms with Crippen LogP contribution in [0.25, 0.3) is 10.9 Å². The number of halogens is 1. The van der Waals surface area contributed by atoms with Gasteiger partial charge in [0.15, 0.2) is 0 Å². The molecule has 0 unspecified atom stereocenters. The Labute approximate surface area is 164 Å². The van der Waals surface area contributed by atoms with Crippen LogP contribution in [0.3, 0.4) is 0 Å². The lowest BCUT2D eigenvalue weighted by Gasteiger charge is -2.07. The Balaban J connectivity index is 1.75. The molecule has 2 heterocycles. The van der Waals surface area contributed by atoms with Crippen LogP contribution in [0.4, 0.5) is 5.69 Å². The summed E-state index contributed by atoms with van der Waals surface area (Å²) in [6.07, 6.45) is 0.261. The summed E-state index contributed by atoms with van der Waals surface area (Å²) >= 11 is 7.61. The van der Waals surface area contributed by atoms with Gasteiger partial charge in [-0.05, 0) is 29.6 Å². The van der Waals surface area contributed by atoms with Crippen molar-refractivity contribution in [3.8, 4) is 0 Å². The second-order valence-electron chi connectivity index (χ2n) is 6.06. The molecular formula is C21H15ClN2O2S. The maximum Gasteiger partial charge on any atom is 0.229 e. The number of nitrogens with one attached hydrogen (secondary N) is 2. The van der Waals surface area contributed by atoms with Gasteiger partial charge in [-0.1, -0.05) is 48.0 Å². The SMILES string of the molecule is O=C(Cc1cccs1)Nc1c(C(=O)c2ccccc2)[nH]c2cc(Cl)ccc12. The molecule has 2 aromatic carbocycles. The first-order valence-electron chi connectivity index (χ1n) is 8.35. The molecule has 27 heavy (non-hydrogen) atoms. The van der Waals surface area contributed by atoms with Crippen LogP contribution >= 0.6 is 22.9 Å². The first-order valence-corrected chi connectivity index (χ1v) is 9.61. The van der Waals surface area contributed by atoms with E-state index in [9.17, 15) is 9.59 Å². The van der Waals surface area contributed by atoms with Crippen molar-refractivity contribution in [3.05, 3.63) is 87.2 Å². The van der Waals surface area contributed by atoms with E-state index in [1.807, 2.05) is 35.7 Å². The average molecular weight is 395 g/mol. The third-order valence-corrected chi connectivity index (χ3v) is 5.31. The number of amides is 1. The molecule has 0 fully saturated rings. The number of hydrogen-bond donors (Lipinski definition) is 2. The molecule has 0 saturated carbocycles. The van der Waals surface area contributed by atoms with Gasteiger partial charge in [0.1, 0.15) is 5.69 Å². The highest BCUT2D eigenvalue weighted by Gasteiger charge is 2.21. The lowest BCUT2D eigenvalue weighted by Crippen LogP contribution is -2.16. The Hall–Kier alpha value is -2.89. The van der Waals surface area contributed by atoms with Gasteiger partial charge in [0.05, 0.1) is 12.1 Å². The number of aromatic amines is 1. The molecule has 4 rings (SSSR count). The van der Waals surface area contributed by atoms with Crippen LogP contribution in [0.15, 0.2) is 66.0 Å². The molecule has 4 aromatic rings. The number of aromatic nitrogens is 1. The van der Waals surface area contributed by atoms with Crippen LogP contribution in [0.2, 0.25) is 5.02 Å². The second kappa shape index (κ2) is 7.39. The highest BCUT2D eigenvalue weighted by molar-refractivity contribution is 7.10. The summed E-state index contributed by atoms with van der Waals surface area (Å²) in [4.78, 5) is 29.6. The van der Waals surface area contributed by atoms with E-state index in [0.29, 0.717) is 27.5 Å². The lowest BCUT2D eigenvalue weighted by molar-refractivity contribution is -0.115. The predicted molar refractivity (Wildman–Crippen MR) is 110 cm³/mol. The van der Waals surface area contributed by atoms with E-state index in [4.69, 9.17) is 11.6 Å². The minimum absolute atomic E-state index is 0.171. The second-order valence-corrected chi connectivity index (χ2v) is 7.53. The van der Waals surface area contributed by atoms with Crippen molar-refractivity contribution >= 4 is 51.2 Å². The fraction of sp³-hybridized carbons (Fsp3) is 0.0476. The number of rotatable bonds is 5. The molecule has 134 valence electrons. The molecule has 0 bridgehead atoms. The number of H-pyrrole nitrogens is 1. The number of hydrogen-bond acceptors (Lipinski definition) is 3. The lowest BCUT2D eigenvalue weighted by atomic mass is 10.1. The standard InChI is InChI=1S/C21H15ClN2O2S/c22-14-8-9-16-17(11-14)23-20(21(26)13-5-2-1-3-6-13)19(16)24-18(25)12-15-7-4-10-27-15/h1-11,23H,12H2,(H,24,25).